The first-order valence-corrected chi connectivity index (χ1v) is 9.57. The molecule has 3 aromatic rings. The molecule has 10 heteroatoms. The molecule has 4 rings (SSSR count). The second kappa shape index (κ2) is 7.62. The van der Waals surface area contributed by atoms with E-state index in [1.807, 2.05) is 16.7 Å². The van der Waals surface area contributed by atoms with E-state index in [1.165, 1.54) is 6.20 Å². The van der Waals surface area contributed by atoms with Crippen LogP contribution in [0, 0.1) is 5.82 Å². The largest absolute Gasteiger partial charge is 0.477 e. The number of carbonyl (C=O) groups is 1. The summed E-state index contributed by atoms with van der Waals surface area (Å²) in [4.78, 5) is 36.2. The zero-order chi connectivity index (χ0) is 21.4. The molecule has 30 heavy (non-hydrogen) atoms. The topological polar surface area (TPSA) is 118 Å². The molecule has 0 aliphatic carbocycles. The highest BCUT2D eigenvalue weighted by Gasteiger charge is 2.23. The zero-order valence-electron chi connectivity index (χ0n) is 16.4. The van der Waals surface area contributed by atoms with Crippen LogP contribution in [0.2, 0.25) is 0 Å². The fourth-order valence-corrected chi connectivity index (χ4v) is 3.72. The van der Waals surface area contributed by atoms with E-state index in [9.17, 15) is 19.1 Å². The zero-order valence-corrected chi connectivity index (χ0v) is 16.4. The van der Waals surface area contributed by atoms with Crippen LogP contribution in [-0.4, -0.2) is 51.8 Å². The number of pyridine rings is 1. The van der Waals surface area contributed by atoms with Crippen molar-refractivity contribution in [3.8, 4) is 0 Å². The molecule has 2 aromatic heterocycles. The van der Waals surface area contributed by atoms with Gasteiger partial charge in [0.2, 0.25) is 11.4 Å². The molecule has 0 atom stereocenters. The Morgan fingerprint density at radius 3 is 2.57 bits per heavy atom. The third-order valence-corrected chi connectivity index (χ3v) is 5.29. The lowest BCUT2D eigenvalue weighted by Gasteiger charge is -2.36. The molecule has 1 aliphatic heterocycles. The molecule has 1 saturated heterocycles. The van der Waals surface area contributed by atoms with Crippen LogP contribution in [0.25, 0.3) is 10.9 Å². The lowest BCUT2D eigenvalue weighted by Crippen LogP contribution is -2.47. The molecule has 3 heterocycles. The van der Waals surface area contributed by atoms with Gasteiger partial charge in [0.05, 0.1) is 11.2 Å². The minimum absolute atomic E-state index is 0.0600. The molecular weight excluding hydrogens is 391 g/mol. The van der Waals surface area contributed by atoms with Gasteiger partial charge in [-0.3, -0.25) is 4.79 Å². The van der Waals surface area contributed by atoms with Crippen molar-refractivity contribution in [2.24, 2.45) is 0 Å². The van der Waals surface area contributed by atoms with Gasteiger partial charge in [0, 0.05) is 50.5 Å². The van der Waals surface area contributed by atoms with Gasteiger partial charge in [-0.25, -0.2) is 14.2 Å². The monoisotopic (exact) mass is 412 g/mol. The van der Waals surface area contributed by atoms with Crippen molar-refractivity contribution < 1.29 is 14.3 Å². The number of benzene rings is 1. The molecule has 0 amide bonds. The van der Waals surface area contributed by atoms with E-state index in [2.05, 4.69) is 9.97 Å². The van der Waals surface area contributed by atoms with Crippen LogP contribution in [0.5, 0.6) is 0 Å². The second-order valence-corrected chi connectivity index (χ2v) is 7.04. The summed E-state index contributed by atoms with van der Waals surface area (Å²) in [5.74, 6) is -0.956. The van der Waals surface area contributed by atoms with Gasteiger partial charge in [-0.05, 0) is 25.1 Å². The normalized spacial score (nSPS) is 14.3. The van der Waals surface area contributed by atoms with Gasteiger partial charge in [0.25, 0.3) is 0 Å². The Bertz CT molecular complexity index is 1190. The number of aromatic nitrogens is 3. The van der Waals surface area contributed by atoms with Crippen LogP contribution in [0.15, 0.2) is 35.4 Å². The minimum Gasteiger partial charge on any atom is -0.477 e. The van der Waals surface area contributed by atoms with E-state index < -0.39 is 17.2 Å². The number of piperazine rings is 1. The maximum Gasteiger partial charge on any atom is 0.341 e. The van der Waals surface area contributed by atoms with Crippen molar-refractivity contribution in [2.45, 2.75) is 13.5 Å². The van der Waals surface area contributed by atoms with Crippen LogP contribution in [0.1, 0.15) is 17.3 Å². The Morgan fingerprint density at radius 1 is 1.23 bits per heavy atom. The lowest BCUT2D eigenvalue weighted by atomic mass is 10.1. The lowest BCUT2D eigenvalue weighted by molar-refractivity contribution is 0.0695. The summed E-state index contributed by atoms with van der Waals surface area (Å²) >= 11 is 0. The highest BCUT2D eigenvalue weighted by molar-refractivity contribution is 5.93. The first kappa shape index (κ1) is 19.6. The molecule has 1 aliphatic rings. The van der Waals surface area contributed by atoms with Gasteiger partial charge < -0.3 is 25.2 Å². The second-order valence-electron chi connectivity index (χ2n) is 7.04. The van der Waals surface area contributed by atoms with Crippen LogP contribution >= 0.6 is 0 Å². The van der Waals surface area contributed by atoms with E-state index in [0.717, 1.165) is 6.07 Å². The van der Waals surface area contributed by atoms with Crippen molar-refractivity contribution >= 4 is 34.3 Å². The number of hydrogen-bond acceptors (Lipinski definition) is 7. The van der Waals surface area contributed by atoms with E-state index in [4.69, 9.17) is 5.73 Å². The minimum atomic E-state index is -1.33. The highest BCUT2D eigenvalue weighted by Crippen LogP contribution is 2.27. The summed E-state index contributed by atoms with van der Waals surface area (Å²) in [5.41, 5.74) is 5.55. The molecule has 1 aromatic carbocycles. The maximum atomic E-state index is 14.9. The first-order valence-electron chi connectivity index (χ1n) is 9.57. The average molecular weight is 412 g/mol. The number of nitrogens with zero attached hydrogens (tertiary/aromatic N) is 5. The number of hydrogen-bond donors (Lipinski definition) is 2. The number of nitrogens with two attached hydrogens (primary N) is 1. The van der Waals surface area contributed by atoms with Crippen LogP contribution < -0.4 is 21.0 Å². The highest BCUT2D eigenvalue weighted by atomic mass is 19.1. The molecule has 3 N–H and O–H groups in total. The number of fused-ring (bicyclic) bond motifs is 1. The Morgan fingerprint density at radius 2 is 1.93 bits per heavy atom. The summed E-state index contributed by atoms with van der Waals surface area (Å²) < 4.78 is 16.6. The number of carboxylic acid groups (broad SMARTS) is 1. The summed E-state index contributed by atoms with van der Waals surface area (Å²) in [6, 6.07) is 4.38. The molecule has 0 spiro atoms. The van der Waals surface area contributed by atoms with Crippen LogP contribution in [0.4, 0.5) is 21.8 Å². The maximum absolute atomic E-state index is 14.9. The van der Waals surface area contributed by atoms with E-state index in [0.29, 0.717) is 55.7 Å². The average Bonchev–Trinajstić information content (AvgIpc) is 2.74. The van der Waals surface area contributed by atoms with Gasteiger partial charge in [-0.15, -0.1) is 0 Å². The number of aryl methyl sites for hydroxylation is 1. The number of aromatic carboxylic acids is 1. The Kier molecular flexibility index (Phi) is 4.98. The molecule has 0 radical (unpaired) electrons. The first-order chi connectivity index (χ1) is 14.4. The van der Waals surface area contributed by atoms with Crippen molar-refractivity contribution in [3.05, 3.63) is 52.2 Å². The predicted molar refractivity (Wildman–Crippen MR) is 112 cm³/mol. The van der Waals surface area contributed by atoms with E-state index in [1.54, 1.807) is 22.9 Å². The standard InChI is InChI=1S/C20H21FN6O3/c1-2-25-11-13(19(29)30)18(28)12-9-14(21)16(10-15(12)25)26-5-7-27(8-6-26)20-23-4-3-17(22)24-20/h3-4,9-11H,2,5-8H2,1H3,(H,29,30)(H2,22,23,24). The SMILES string of the molecule is CCn1cc(C(=O)O)c(=O)c2cc(F)c(N3CCN(c4nccc(N)n4)CC3)cc21. The van der Waals surface area contributed by atoms with Crippen molar-refractivity contribution in [1.29, 1.82) is 0 Å². The molecule has 9 nitrogen and oxygen atoms in total. The number of nitrogen functional groups attached to an aromatic ring is 1. The summed E-state index contributed by atoms with van der Waals surface area (Å²) in [6.45, 7) is 4.51. The summed E-state index contributed by atoms with van der Waals surface area (Å²) in [6.07, 6.45) is 2.91. The Hall–Kier alpha value is -3.69. The molecule has 1 fully saturated rings. The van der Waals surface area contributed by atoms with E-state index in [-0.39, 0.29) is 10.9 Å². The third-order valence-electron chi connectivity index (χ3n) is 5.29. The Labute approximate surface area is 171 Å². The number of anilines is 3. The number of rotatable bonds is 4. The van der Waals surface area contributed by atoms with Crippen molar-refractivity contribution in [3.63, 3.8) is 0 Å². The number of halogens is 1. The van der Waals surface area contributed by atoms with Crippen molar-refractivity contribution in [1.82, 2.24) is 14.5 Å². The van der Waals surface area contributed by atoms with Gasteiger partial charge in [-0.2, -0.15) is 4.98 Å². The summed E-state index contributed by atoms with van der Waals surface area (Å²) in [5, 5.41) is 9.33. The van der Waals surface area contributed by atoms with Gasteiger partial charge in [-0.1, -0.05) is 0 Å². The van der Waals surface area contributed by atoms with E-state index >= 15 is 0 Å². The molecule has 0 saturated carbocycles. The van der Waals surface area contributed by atoms with Crippen molar-refractivity contribution in [2.75, 3.05) is 41.7 Å². The fourth-order valence-electron chi connectivity index (χ4n) is 3.72. The smallest absolute Gasteiger partial charge is 0.341 e. The summed E-state index contributed by atoms with van der Waals surface area (Å²) in [7, 11) is 0. The molecule has 0 bridgehead atoms. The fraction of sp³-hybridized carbons (Fsp3) is 0.300. The molecule has 156 valence electrons. The quantitative estimate of drug-likeness (QED) is 0.663. The van der Waals surface area contributed by atoms with Gasteiger partial charge in [0.15, 0.2) is 0 Å². The molecule has 0 unspecified atom stereocenters. The van der Waals surface area contributed by atoms with Gasteiger partial charge in [0.1, 0.15) is 17.2 Å². The molecular formula is C20H21FN6O3. The third kappa shape index (κ3) is 3.40. The predicted octanol–water partition coefficient (Wildman–Crippen LogP) is 1.56. The van der Waals surface area contributed by atoms with Gasteiger partial charge >= 0.3 is 5.97 Å². The number of carboxylic acids is 1. The Balaban J connectivity index is 1.67. The van der Waals surface area contributed by atoms with Crippen LogP contribution in [0.3, 0.4) is 0 Å². The van der Waals surface area contributed by atoms with Crippen LogP contribution in [-0.2, 0) is 6.54 Å².